The van der Waals surface area contributed by atoms with Crippen molar-refractivity contribution in [1.82, 2.24) is 9.55 Å². The topological polar surface area (TPSA) is 34.9 Å². The Labute approximate surface area is 127 Å². The number of rotatable bonds is 1. The van der Waals surface area contributed by atoms with E-state index < -0.39 is 0 Å². The van der Waals surface area contributed by atoms with Gasteiger partial charge in [0, 0.05) is 6.42 Å². The van der Waals surface area contributed by atoms with E-state index >= 15 is 0 Å². The molecule has 1 aliphatic rings. The van der Waals surface area contributed by atoms with E-state index in [1.807, 2.05) is 12.1 Å². The van der Waals surface area contributed by atoms with Crippen LogP contribution in [0.2, 0.25) is 10.0 Å². The molecule has 0 N–H and O–H groups in total. The lowest BCUT2D eigenvalue weighted by molar-refractivity contribution is 0.0904. The third-order valence-electron chi connectivity index (χ3n) is 3.58. The van der Waals surface area contributed by atoms with E-state index in [0.717, 1.165) is 12.1 Å². The Balaban J connectivity index is 2.17. The van der Waals surface area contributed by atoms with E-state index in [-0.39, 0.29) is 11.2 Å². The van der Waals surface area contributed by atoms with Crippen LogP contribution in [0.4, 0.5) is 0 Å². The first-order valence-corrected chi connectivity index (χ1v) is 7.18. The fourth-order valence-electron chi connectivity index (χ4n) is 2.71. The van der Waals surface area contributed by atoms with Gasteiger partial charge in [0.15, 0.2) is 5.78 Å². The zero-order chi connectivity index (χ0) is 14.5. The predicted octanol–water partition coefficient (Wildman–Crippen LogP) is 4.33. The van der Waals surface area contributed by atoms with Crippen LogP contribution in [-0.2, 0) is 6.42 Å². The summed E-state index contributed by atoms with van der Waals surface area (Å²) in [5.74, 6) is 0.102. The van der Waals surface area contributed by atoms with Crippen LogP contribution in [0.1, 0.15) is 36.5 Å². The van der Waals surface area contributed by atoms with Crippen molar-refractivity contribution in [1.29, 1.82) is 0 Å². The smallest absolute Gasteiger partial charge is 0.182 e. The normalized spacial score (nSPS) is 17.1. The van der Waals surface area contributed by atoms with E-state index in [2.05, 4.69) is 18.8 Å². The number of carbonyl (C=O) groups excluding carboxylic acids is 1. The zero-order valence-electron chi connectivity index (χ0n) is 11.3. The number of hydrogen-bond acceptors (Lipinski definition) is 2. The highest BCUT2D eigenvalue weighted by atomic mass is 35.5. The SMILES string of the molecule is CC1(C)CC(=O)c2c(ncn2-c2cccc(Cl)c2Cl)C1. The summed E-state index contributed by atoms with van der Waals surface area (Å²) < 4.78 is 1.75. The van der Waals surface area contributed by atoms with Crippen molar-refractivity contribution in [3.05, 3.63) is 46.0 Å². The molecule has 1 heterocycles. The molecular weight excluding hydrogens is 295 g/mol. The second-order valence-electron chi connectivity index (χ2n) is 5.92. The molecule has 2 aromatic rings. The molecule has 5 heteroatoms. The Hall–Kier alpha value is -1.32. The maximum absolute atomic E-state index is 12.4. The van der Waals surface area contributed by atoms with Gasteiger partial charge in [0.05, 0.1) is 21.4 Å². The molecule has 104 valence electrons. The van der Waals surface area contributed by atoms with Crippen molar-refractivity contribution < 1.29 is 4.79 Å². The highest BCUT2D eigenvalue weighted by molar-refractivity contribution is 6.43. The largest absolute Gasteiger partial charge is 0.294 e. The Bertz CT molecular complexity index is 704. The van der Waals surface area contributed by atoms with Crippen molar-refractivity contribution in [2.45, 2.75) is 26.7 Å². The van der Waals surface area contributed by atoms with Crippen molar-refractivity contribution in [2.75, 3.05) is 0 Å². The number of fused-ring (bicyclic) bond motifs is 1. The Kier molecular flexibility index (Phi) is 3.14. The van der Waals surface area contributed by atoms with Crippen LogP contribution >= 0.6 is 23.2 Å². The van der Waals surface area contributed by atoms with Crippen LogP contribution in [-0.4, -0.2) is 15.3 Å². The van der Waals surface area contributed by atoms with Crippen molar-refractivity contribution in [3.63, 3.8) is 0 Å². The van der Waals surface area contributed by atoms with Gasteiger partial charge in [-0.05, 0) is 24.0 Å². The number of benzene rings is 1. The first kappa shape index (κ1) is 13.7. The number of hydrogen-bond donors (Lipinski definition) is 0. The molecule has 0 saturated carbocycles. The lowest BCUT2D eigenvalue weighted by atomic mass is 9.77. The zero-order valence-corrected chi connectivity index (χ0v) is 12.8. The second kappa shape index (κ2) is 4.61. The summed E-state index contributed by atoms with van der Waals surface area (Å²) in [7, 11) is 0. The molecule has 0 radical (unpaired) electrons. The molecule has 0 spiro atoms. The molecule has 0 unspecified atom stereocenters. The standard InChI is InChI=1S/C15H14Cl2N2O/c1-15(2)6-10-14(12(20)7-15)19(8-18-10)11-5-3-4-9(16)13(11)17/h3-5,8H,6-7H2,1-2H3. The van der Waals surface area contributed by atoms with E-state index in [4.69, 9.17) is 23.2 Å². The van der Waals surface area contributed by atoms with Crippen LogP contribution < -0.4 is 0 Å². The third kappa shape index (κ3) is 2.15. The van der Waals surface area contributed by atoms with Gasteiger partial charge in [-0.2, -0.15) is 0 Å². The summed E-state index contributed by atoms with van der Waals surface area (Å²) in [5, 5.41) is 0.905. The van der Waals surface area contributed by atoms with Crippen LogP contribution in [0.15, 0.2) is 24.5 Å². The summed E-state index contributed by atoms with van der Waals surface area (Å²) in [6, 6.07) is 5.37. The van der Waals surface area contributed by atoms with Gasteiger partial charge in [0.25, 0.3) is 0 Å². The average molecular weight is 309 g/mol. The van der Waals surface area contributed by atoms with Gasteiger partial charge in [0.2, 0.25) is 0 Å². The molecule has 3 rings (SSSR count). The molecule has 3 nitrogen and oxygen atoms in total. The summed E-state index contributed by atoms with van der Waals surface area (Å²) in [5.41, 5.74) is 2.12. The third-order valence-corrected chi connectivity index (χ3v) is 4.39. The average Bonchev–Trinajstić information content (AvgIpc) is 2.74. The van der Waals surface area contributed by atoms with Gasteiger partial charge in [-0.15, -0.1) is 0 Å². The fraction of sp³-hybridized carbons (Fsp3) is 0.333. The number of aromatic nitrogens is 2. The lowest BCUT2D eigenvalue weighted by Crippen LogP contribution is -2.28. The Morgan fingerprint density at radius 2 is 2.00 bits per heavy atom. The van der Waals surface area contributed by atoms with Gasteiger partial charge in [-0.3, -0.25) is 9.36 Å². The number of Topliss-reactive ketones (excluding diaryl/α,β-unsaturated/α-hetero) is 1. The van der Waals surface area contributed by atoms with E-state index in [9.17, 15) is 4.79 Å². The minimum Gasteiger partial charge on any atom is -0.294 e. The Morgan fingerprint density at radius 1 is 1.25 bits per heavy atom. The highest BCUT2D eigenvalue weighted by Gasteiger charge is 2.34. The van der Waals surface area contributed by atoms with E-state index in [1.165, 1.54) is 0 Å². The number of imidazole rings is 1. The predicted molar refractivity (Wildman–Crippen MR) is 80.0 cm³/mol. The van der Waals surface area contributed by atoms with Gasteiger partial charge in [0.1, 0.15) is 12.0 Å². The molecule has 0 saturated heterocycles. The van der Waals surface area contributed by atoms with Gasteiger partial charge < -0.3 is 0 Å². The molecule has 0 bridgehead atoms. The molecular formula is C15H14Cl2N2O. The summed E-state index contributed by atoms with van der Waals surface area (Å²) in [6.45, 7) is 4.17. The molecule has 1 aliphatic carbocycles. The fourth-order valence-corrected chi connectivity index (χ4v) is 3.09. The minimum atomic E-state index is -0.0403. The first-order valence-electron chi connectivity index (χ1n) is 6.43. The first-order chi connectivity index (χ1) is 9.39. The van der Waals surface area contributed by atoms with Crippen molar-refractivity contribution >= 4 is 29.0 Å². The molecule has 0 amide bonds. The number of halogens is 2. The lowest BCUT2D eigenvalue weighted by Gasteiger charge is -2.28. The van der Waals surface area contributed by atoms with Gasteiger partial charge in [-0.1, -0.05) is 43.1 Å². The maximum Gasteiger partial charge on any atom is 0.182 e. The van der Waals surface area contributed by atoms with Crippen LogP contribution in [0.25, 0.3) is 5.69 Å². The molecule has 0 atom stereocenters. The number of nitrogens with zero attached hydrogens (tertiary/aromatic N) is 2. The van der Waals surface area contributed by atoms with Crippen LogP contribution in [0.3, 0.4) is 0 Å². The van der Waals surface area contributed by atoms with Crippen molar-refractivity contribution in [3.8, 4) is 5.69 Å². The Morgan fingerprint density at radius 3 is 2.75 bits per heavy atom. The molecule has 1 aromatic carbocycles. The van der Waals surface area contributed by atoms with Gasteiger partial charge >= 0.3 is 0 Å². The van der Waals surface area contributed by atoms with E-state index in [0.29, 0.717) is 27.8 Å². The molecule has 0 aliphatic heterocycles. The number of ketones is 1. The molecule has 0 fully saturated rings. The quantitative estimate of drug-likeness (QED) is 0.785. The van der Waals surface area contributed by atoms with Gasteiger partial charge in [-0.25, -0.2) is 4.98 Å². The number of carbonyl (C=O) groups is 1. The van der Waals surface area contributed by atoms with E-state index in [1.54, 1.807) is 17.0 Å². The summed E-state index contributed by atoms with van der Waals surface area (Å²) in [6.07, 6.45) is 2.96. The summed E-state index contributed by atoms with van der Waals surface area (Å²) in [4.78, 5) is 16.8. The van der Waals surface area contributed by atoms with Crippen molar-refractivity contribution in [2.24, 2.45) is 5.41 Å². The minimum absolute atomic E-state index is 0.0403. The molecule has 1 aromatic heterocycles. The molecule has 20 heavy (non-hydrogen) atoms. The summed E-state index contributed by atoms with van der Waals surface area (Å²) >= 11 is 12.3. The second-order valence-corrected chi connectivity index (χ2v) is 6.71. The monoisotopic (exact) mass is 308 g/mol. The van der Waals surface area contributed by atoms with Crippen LogP contribution in [0.5, 0.6) is 0 Å². The van der Waals surface area contributed by atoms with Crippen LogP contribution in [0, 0.1) is 5.41 Å². The maximum atomic E-state index is 12.4. The highest BCUT2D eigenvalue weighted by Crippen LogP contribution is 2.36.